The Balaban J connectivity index is 2.08. The standard InChI is InChI=1S/C14H18N2O5S/c1-21-12-5-7-13(8-6-12)22(19,20)16-15-11-4-2-3-10(9-11)14(17)18/h5-8,10,16H,2-4,9H2,1H3,(H,17,18)/b15-11-. The molecule has 0 radical (unpaired) electrons. The first kappa shape index (κ1) is 16.3. The molecular weight excluding hydrogens is 308 g/mol. The Hall–Kier alpha value is -2.09. The van der Waals surface area contributed by atoms with Crippen LogP contribution in [0, 0.1) is 5.92 Å². The zero-order valence-electron chi connectivity index (χ0n) is 12.2. The Morgan fingerprint density at radius 1 is 1.36 bits per heavy atom. The van der Waals surface area contributed by atoms with Gasteiger partial charge in [-0.2, -0.15) is 13.5 Å². The van der Waals surface area contributed by atoms with Crippen LogP contribution in [0.5, 0.6) is 5.75 Å². The highest BCUT2D eigenvalue weighted by molar-refractivity contribution is 7.89. The predicted molar refractivity (Wildman–Crippen MR) is 80.3 cm³/mol. The van der Waals surface area contributed by atoms with Crippen LogP contribution >= 0.6 is 0 Å². The molecule has 0 aromatic heterocycles. The SMILES string of the molecule is COc1ccc(S(=O)(=O)N/N=C2/CCCC(C(=O)O)C2)cc1. The number of carbonyl (C=O) groups is 1. The minimum absolute atomic E-state index is 0.0724. The van der Waals surface area contributed by atoms with Crippen LogP contribution in [-0.2, 0) is 14.8 Å². The largest absolute Gasteiger partial charge is 0.497 e. The quantitative estimate of drug-likeness (QED) is 0.800. The van der Waals surface area contributed by atoms with E-state index in [1.54, 1.807) is 12.1 Å². The molecule has 0 heterocycles. The average molecular weight is 326 g/mol. The Morgan fingerprint density at radius 2 is 2.05 bits per heavy atom. The van der Waals surface area contributed by atoms with Crippen molar-refractivity contribution in [2.24, 2.45) is 11.0 Å². The molecule has 1 fully saturated rings. The van der Waals surface area contributed by atoms with E-state index in [1.807, 2.05) is 0 Å². The van der Waals surface area contributed by atoms with Crippen molar-refractivity contribution < 1.29 is 23.1 Å². The van der Waals surface area contributed by atoms with Crippen molar-refractivity contribution in [1.29, 1.82) is 0 Å². The number of rotatable bonds is 5. The molecule has 1 aromatic carbocycles. The van der Waals surface area contributed by atoms with Gasteiger partial charge in [0.1, 0.15) is 5.75 Å². The second-order valence-electron chi connectivity index (χ2n) is 5.08. The van der Waals surface area contributed by atoms with Crippen LogP contribution in [-0.4, -0.2) is 32.3 Å². The number of carboxylic acids is 1. The number of hydrogen-bond acceptors (Lipinski definition) is 5. The maximum Gasteiger partial charge on any atom is 0.306 e. The van der Waals surface area contributed by atoms with Gasteiger partial charge in [-0.25, -0.2) is 4.83 Å². The zero-order chi connectivity index (χ0) is 16.2. The fourth-order valence-electron chi connectivity index (χ4n) is 2.29. The van der Waals surface area contributed by atoms with Crippen LogP contribution in [0.15, 0.2) is 34.3 Å². The summed E-state index contributed by atoms with van der Waals surface area (Å²) >= 11 is 0. The molecule has 1 aromatic rings. The van der Waals surface area contributed by atoms with Gasteiger partial charge in [0.2, 0.25) is 0 Å². The zero-order valence-corrected chi connectivity index (χ0v) is 13.0. The van der Waals surface area contributed by atoms with Gasteiger partial charge in [0.15, 0.2) is 0 Å². The molecular formula is C14H18N2O5S. The smallest absolute Gasteiger partial charge is 0.306 e. The molecule has 0 saturated heterocycles. The molecule has 2 N–H and O–H groups in total. The van der Waals surface area contributed by atoms with Crippen LogP contribution in [0.25, 0.3) is 0 Å². The van der Waals surface area contributed by atoms with Crippen molar-refractivity contribution in [2.45, 2.75) is 30.6 Å². The van der Waals surface area contributed by atoms with Gasteiger partial charge in [-0.1, -0.05) is 0 Å². The third kappa shape index (κ3) is 3.97. The summed E-state index contributed by atoms with van der Waals surface area (Å²) in [4.78, 5) is 13.2. The summed E-state index contributed by atoms with van der Waals surface area (Å²) in [6, 6.07) is 5.93. The molecule has 120 valence electrons. The van der Waals surface area contributed by atoms with Crippen LogP contribution in [0.4, 0.5) is 0 Å². The minimum atomic E-state index is -3.76. The molecule has 22 heavy (non-hydrogen) atoms. The van der Waals surface area contributed by atoms with Crippen molar-refractivity contribution in [3.8, 4) is 5.75 Å². The summed E-state index contributed by atoms with van der Waals surface area (Å²) in [6.45, 7) is 0. The number of ether oxygens (including phenoxy) is 1. The molecule has 7 nitrogen and oxygen atoms in total. The van der Waals surface area contributed by atoms with Crippen LogP contribution in [0.2, 0.25) is 0 Å². The Morgan fingerprint density at radius 3 is 2.64 bits per heavy atom. The Bertz CT molecular complexity index is 667. The summed E-state index contributed by atoms with van der Waals surface area (Å²) in [5.41, 5.74) is 0.565. The molecule has 0 amide bonds. The van der Waals surface area contributed by atoms with Gasteiger partial charge >= 0.3 is 5.97 Å². The number of sulfonamides is 1. The molecule has 1 atom stereocenters. The van der Waals surface area contributed by atoms with Crippen LogP contribution < -0.4 is 9.57 Å². The lowest BCUT2D eigenvalue weighted by atomic mass is 9.88. The molecule has 2 rings (SSSR count). The molecule has 0 bridgehead atoms. The van der Waals surface area contributed by atoms with Crippen molar-refractivity contribution >= 4 is 21.7 Å². The number of hydrogen-bond donors (Lipinski definition) is 2. The highest BCUT2D eigenvalue weighted by atomic mass is 32.2. The third-order valence-corrected chi connectivity index (χ3v) is 4.77. The highest BCUT2D eigenvalue weighted by Gasteiger charge is 2.24. The molecule has 1 aliphatic carbocycles. The lowest BCUT2D eigenvalue weighted by Gasteiger charge is -2.19. The van der Waals surface area contributed by atoms with Crippen LogP contribution in [0.3, 0.4) is 0 Å². The van der Waals surface area contributed by atoms with E-state index in [9.17, 15) is 13.2 Å². The van der Waals surface area contributed by atoms with E-state index in [2.05, 4.69) is 9.93 Å². The maximum absolute atomic E-state index is 12.1. The fourth-order valence-corrected chi connectivity index (χ4v) is 3.13. The summed E-state index contributed by atoms with van der Waals surface area (Å²) < 4.78 is 29.2. The van der Waals surface area contributed by atoms with Crippen molar-refractivity contribution in [2.75, 3.05) is 7.11 Å². The number of aliphatic carboxylic acids is 1. The summed E-state index contributed by atoms with van der Waals surface area (Å²) in [7, 11) is -2.27. The normalized spacial score (nSPS) is 20.6. The average Bonchev–Trinajstić information content (AvgIpc) is 2.53. The first-order chi connectivity index (χ1) is 10.4. The van der Waals surface area contributed by atoms with Gasteiger partial charge in [-0.15, -0.1) is 0 Å². The lowest BCUT2D eigenvalue weighted by molar-refractivity contribution is -0.141. The first-order valence-electron chi connectivity index (χ1n) is 6.86. The van der Waals surface area contributed by atoms with Gasteiger partial charge in [-0.05, 0) is 43.5 Å². The van der Waals surface area contributed by atoms with Gasteiger partial charge in [0.05, 0.1) is 17.9 Å². The summed E-state index contributed by atoms with van der Waals surface area (Å²) in [5, 5.41) is 12.9. The fraction of sp³-hybridized carbons (Fsp3) is 0.429. The minimum Gasteiger partial charge on any atom is -0.497 e. The van der Waals surface area contributed by atoms with Gasteiger partial charge in [-0.3, -0.25) is 4.79 Å². The molecule has 8 heteroatoms. The van der Waals surface area contributed by atoms with Crippen LogP contribution in [0.1, 0.15) is 25.7 Å². The Labute approximate surface area is 129 Å². The van der Waals surface area contributed by atoms with E-state index in [1.165, 1.54) is 19.2 Å². The van der Waals surface area contributed by atoms with Gasteiger partial charge in [0.25, 0.3) is 10.0 Å². The van der Waals surface area contributed by atoms with E-state index >= 15 is 0 Å². The molecule has 1 unspecified atom stereocenters. The monoisotopic (exact) mass is 326 g/mol. The van der Waals surface area contributed by atoms with Gasteiger partial charge in [0, 0.05) is 12.1 Å². The van der Waals surface area contributed by atoms with E-state index in [4.69, 9.17) is 9.84 Å². The second kappa shape index (κ2) is 6.78. The van der Waals surface area contributed by atoms with Crippen molar-refractivity contribution in [3.63, 3.8) is 0 Å². The third-order valence-electron chi connectivity index (χ3n) is 3.54. The van der Waals surface area contributed by atoms with Crippen molar-refractivity contribution in [3.05, 3.63) is 24.3 Å². The lowest BCUT2D eigenvalue weighted by Crippen LogP contribution is -2.26. The highest BCUT2D eigenvalue weighted by Crippen LogP contribution is 2.22. The molecule has 1 saturated carbocycles. The van der Waals surface area contributed by atoms with Gasteiger partial charge < -0.3 is 9.84 Å². The number of benzene rings is 1. The van der Waals surface area contributed by atoms with Crippen molar-refractivity contribution in [1.82, 2.24) is 4.83 Å². The number of hydrazone groups is 1. The Kier molecular flexibility index (Phi) is 5.02. The number of nitrogens with zero attached hydrogens (tertiary/aromatic N) is 1. The van der Waals surface area contributed by atoms with E-state index < -0.39 is 21.9 Å². The predicted octanol–water partition coefficient (Wildman–Crippen LogP) is 1.60. The molecule has 1 aliphatic rings. The molecule has 0 aliphatic heterocycles. The topological polar surface area (TPSA) is 105 Å². The van der Waals surface area contributed by atoms with E-state index in [-0.39, 0.29) is 11.3 Å². The van der Waals surface area contributed by atoms with E-state index in [0.717, 1.165) is 0 Å². The first-order valence-corrected chi connectivity index (χ1v) is 8.35. The summed E-state index contributed by atoms with van der Waals surface area (Å²) in [5.74, 6) is -0.801. The van der Waals surface area contributed by atoms with E-state index in [0.29, 0.717) is 30.7 Å². The number of carboxylic acid groups (broad SMARTS) is 1. The summed E-state index contributed by atoms with van der Waals surface area (Å²) in [6.07, 6.45) is 2.18. The number of methoxy groups -OCH3 is 1. The number of nitrogens with one attached hydrogen (secondary N) is 1. The molecule has 0 spiro atoms. The second-order valence-corrected chi connectivity index (χ2v) is 6.74. The maximum atomic E-state index is 12.1.